The molecule has 0 spiro atoms. The van der Waals surface area contributed by atoms with E-state index in [1.807, 2.05) is 12.1 Å². The monoisotopic (exact) mass is 392 g/mol. The number of nitrogens with one attached hydrogen (secondary N) is 1. The van der Waals surface area contributed by atoms with Crippen LogP contribution < -0.4 is 10.1 Å². The molecule has 0 unspecified atom stereocenters. The molecular formula is C16H17BrN4OS. The molecule has 120 valence electrons. The van der Waals surface area contributed by atoms with E-state index in [2.05, 4.69) is 51.3 Å². The van der Waals surface area contributed by atoms with Crippen LogP contribution in [0.1, 0.15) is 29.9 Å². The molecular weight excluding hydrogens is 376 g/mol. The second-order valence-electron chi connectivity index (χ2n) is 5.85. The van der Waals surface area contributed by atoms with Crippen molar-refractivity contribution in [2.45, 2.75) is 32.5 Å². The third kappa shape index (κ3) is 2.61. The zero-order valence-corrected chi connectivity index (χ0v) is 15.3. The summed E-state index contributed by atoms with van der Waals surface area (Å²) in [6.07, 6.45) is 2.66. The van der Waals surface area contributed by atoms with Crippen LogP contribution in [0.3, 0.4) is 0 Å². The highest BCUT2D eigenvalue weighted by Gasteiger charge is 2.30. The fourth-order valence-corrected chi connectivity index (χ4v) is 4.32. The van der Waals surface area contributed by atoms with E-state index in [4.69, 9.17) is 9.72 Å². The maximum atomic E-state index is 5.88. The van der Waals surface area contributed by atoms with Gasteiger partial charge in [-0.15, -0.1) is 11.3 Å². The van der Waals surface area contributed by atoms with Crippen molar-refractivity contribution in [3.63, 3.8) is 0 Å². The number of fused-ring (bicyclic) bond motifs is 3. The molecule has 7 heteroatoms. The van der Waals surface area contributed by atoms with Gasteiger partial charge in [-0.25, -0.2) is 4.98 Å². The van der Waals surface area contributed by atoms with Crippen LogP contribution in [0.4, 0.5) is 0 Å². The smallest absolute Gasteiger partial charge is 0.169 e. The number of halogens is 1. The topological polar surface area (TPSA) is 49.8 Å². The van der Waals surface area contributed by atoms with Gasteiger partial charge in [-0.3, -0.25) is 5.01 Å². The van der Waals surface area contributed by atoms with E-state index in [-0.39, 0.29) is 6.17 Å². The number of aromatic nitrogens is 1. The van der Waals surface area contributed by atoms with Gasteiger partial charge in [0.15, 0.2) is 6.17 Å². The molecule has 2 aliphatic heterocycles. The van der Waals surface area contributed by atoms with E-state index in [0.717, 1.165) is 32.9 Å². The molecule has 1 aromatic heterocycles. The molecule has 3 heterocycles. The summed E-state index contributed by atoms with van der Waals surface area (Å²) >= 11 is 5.26. The first-order chi connectivity index (χ1) is 11.1. The Balaban J connectivity index is 1.76. The van der Waals surface area contributed by atoms with Crippen molar-refractivity contribution in [3.8, 4) is 17.0 Å². The van der Waals surface area contributed by atoms with Gasteiger partial charge in [0.2, 0.25) is 0 Å². The first-order valence-electron chi connectivity index (χ1n) is 7.62. The predicted octanol–water partition coefficient (Wildman–Crippen LogP) is 3.76. The zero-order valence-electron chi connectivity index (χ0n) is 12.9. The second-order valence-corrected chi connectivity index (χ2v) is 7.88. The molecule has 0 aliphatic carbocycles. The minimum atomic E-state index is 0.0201. The Hall–Kier alpha value is -1.60. The third-order valence-corrected chi connectivity index (χ3v) is 5.61. The van der Waals surface area contributed by atoms with Crippen LogP contribution in [0.15, 0.2) is 27.8 Å². The minimum absolute atomic E-state index is 0.0201. The molecule has 1 N–H and O–H groups in total. The number of thiazole rings is 1. The summed E-state index contributed by atoms with van der Waals surface area (Å²) in [5.41, 5.74) is 2.11. The van der Waals surface area contributed by atoms with Crippen LogP contribution >= 0.6 is 27.3 Å². The summed E-state index contributed by atoms with van der Waals surface area (Å²) < 4.78 is 6.90. The van der Waals surface area contributed by atoms with Gasteiger partial charge in [-0.05, 0) is 32.0 Å². The fourth-order valence-electron chi connectivity index (χ4n) is 2.86. The number of hydrazone groups is 1. The lowest BCUT2D eigenvalue weighted by Gasteiger charge is -2.25. The molecule has 2 aliphatic rings. The Morgan fingerprint density at radius 2 is 2.30 bits per heavy atom. The molecule has 1 atom stereocenters. The van der Waals surface area contributed by atoms with E-state index >= 15 is 0 Å². The highest BCUT2D eigenvalue weighted by molar-refractivity contribution is 9.10. The standard InChI is InChI=1S/C16H17BrN4OS/c1-9(2)21-15(18-8-19-21)16-20-14-11-4-3-10(17)7-12(11)22-6-5-13(14)23-16/h3-4,7-9,15H,5-6H2,1-2H3,(H,18,19)/t15-/m0/s1. The molecule has 0 radical (unpaired) electrons. The first kappa shape index (κ1) is 15.0. The lowest BCUT2D eigenvalue weighted by atomic mass is 10.1. The number of rotatable bonds is 2. The van der Waals surface area contributed by atoms with Crippen molar-refractivity contribution in [1.82, 2.24) is 15.3 Å². The Bertz CT molecular complexity index is 773. The van der Waals surface area contributed by atoms with Gasteiger partial charge in [0.05, 0.1) is 12.3 Å². The van der Waals surface area contributed by atoms with Gasteiger partial charge >= 0.3 is 0 Å². The lowest BCUT2D eigenvalue weighted by molar-refractivity contribution is 0.171. The Morgan fingerprint density at radius 1 is 1.43 bits per heavy atom. The largest absolute Gasteiger partial charge is 0.492 e. The maximum absolute atomic E-state index is 5.88. The van der Waals surface area contributed by atoms with Gasteiger partial charge in [0.25, 0.3) is 0 Å². The van der Waals surface area contributed by atoms with Gasteiger partial charge in [-0.2, -0.15) is 5.10 Å². The number of benzene rings is 1. The number of nitrogens with zero attached hydrogens (tertiary/aromatic N) is 3. The average Bonchev–Trinajstić information content (AvgIpc) is 3.11. The molecule has 0 bridgehead atoms. The summed E-state index contributed by atoms with van der Waals surface area (Å²) in [4.78, 5) is 6.21. The number of hydrogen-bond donors (Lipinski definition) is 1. The molecule has 1 aromatic carbocycles. The quantitative estimate of drug-likeness (QED) is 0.844. The summed E-state index contributed by atoms with van der Waals surface area (Å²) in [6.45, 7) is 4.95. The van der Waals surface area contributed by atoms with Gasteiger partial charge in [0, 0.05) is 27.4 Å². The van der Waals surface area contributed by atoms with Gasteiger partial charge in [-0.1, -0.05) is 15.9 Å². The fraction of sp³-hybridized carbons (Fsp3) is 0.375. The van der Waals surface area contributed by atoms with E-state index in [0.29, 0.717) is 12.6 Å². The minimum Gasteiger partial charge on any atom is -0.492 e. The summed E-state index contributed by atoms with van der Waals surface area (Å²) in [5.74, 6) is 0.895. The molecule has 0 fully saturated rings. The highest BCUT2D eigenvalue weighted by atomic mass is 79.9. The summed E-state index contributed by atoms with van der Waals surface area (Å²) in [5, 5.41) is 10.8. The van der Waals surface area contributed by atoms with E-state index < -0.39 is 0 Å². The van der Waals surface area contributed by atoms with E-state index in [1.54, 1.807) is 17.7 Å². The SMILES string of the molecule is CC(C)N1N=CN[C@@H]1c1nc2c(s1)CCOc1cc(Br)ccc1-2. The molecule has 0 saturated carbocycles. The van der Waals surface area contributed by atoms with Crippen molar-refractivity contribution in [2.24, 2.45) is 5.10 Å². The molecule has 5 nitrogen and oxygen atoms in total. The van der Waals surface area contributed by atoms with Crippen molar-refractivity contribution < 1.29 is 4.74 Å². The van der Waals surface area contributed by atoms with Crippen LogP contribution in [0.5, 0.6) is 5.75 Å². The highest BCUT2D eigenvalue weighted by Crippen LogP contribution is 2.40. The predicted molar refractivity (Wildman–Crippen MR) is 95.8 cm³/mol. The van der Waals surface area contributed by atoms with Crippen molar-refractivity contribution in [2.75, 3.05) is 6.61 Å². The Morgan fingerprint density at radius 3 is 3.13 bits per heavy atom. The van der Waals surface area contributed by atoms with Crippen LogP contribution in [-0.2, 0) is 6.42 Å². The average molecular weight is 393 g/mol. The summed E-state index contributed by atoms with van der Waals surface area (Å²) in [7, 11) is 0. The van der Waals surface area contributed by atoms with Crippen molar-refractivity contribution >= 4 is 33.6 Å². The number of hydrogen-bond acceptors (Lipinski definition) is 6. The van der Waals surface area contributed by atoms with Gasteiger partial charge < -0.3 is 10.1 Å². The van der Waals surface area contributed by atoms with E-state index in [9.17, 15) is 0 Å². The lowest BCUT2D eigenvalue weighted by Crippen LogP contribution is -2.32. The number of ether oxygens (including phenoxy) is 1. The van der Waals surface area contributed by atoms with Crippen molar-refractivity contribution in [3.05, 3.63) is 32.6 Å². The zero-order chi connectivity index (χ0) is 16.0. The molecule has 0 amide bonds. The van der Waals surface area contributed by atoms with E-state index in [1.165, 1.54) is 4.88 Å². The van der Waals surface area contributed by atoms with Crippen LogP contribution in [-0.4, -0.2) is 29.0 Å². The second kappa shape index (κ2) is 5.79. The first-order valence-corrected chi connectivity index (χ1v) is 9.23. The third-order valence-electron chi connectivity index (χ3n) is 3.95. The van der Waals surface area contributed by atoms with Crippen molar-refractivity contribution in [1.29, 1.82) is 0 Å². The molecule has 23 heavy (non-hydrogen) atoms. The summed E-state index contributed by atoms with van der Waals surface area (Å²) in [6, 6.07) is 6.45. The van der Waals surface area contributed by atoms with Crippen LogP contribution in [0.25, 0.3) is 11.3 Å². The van der Waals surface area contributed by atoms with Crippen LogP contribution in [0.2, 0.25) is 0 Å². The maximum Gasteiger partial charge on any atom is 0.169 e. The van der Waals surface area contributed by atoms with Gasteiger partial charge in [0.1, 0.15) is 17.1 Å². The Kier molecular flexibility index (Phi) is 3.77. The molecule has 2 aromatic rings. The molecule has 0 saturated heterocycles. The molecule has 4 rings (SSSR count). The normalized spacial score (nSPS) is 19.1. The Labute approximate surface area is 147 Å². The van der Waals surface area contributed by atoms with Crippen LogP contribution in [0, 0.1) is 0 Å².